The third-order valence-electron chi connectivity index (χ3n) is 4.57. The first-order chi connectivity index (χ1) is 14.1. The van der Waals surface area contributed by atoms with Gasteiger partial charge in [0, 0.05) is 23.2 Å². The van der Waals surface area contributed by atoms with Gasteiger partial charge in [-0.1, -0.05) is 41.9 Å². The quantitative estimate of drug-likeness (QED) is 0.291. The van der Waals surface area contributed by atoms with Crippen LogP contribution in [-0.4, -0.2) is 31.9 Å². The zero-order chi connectivity index (χ0) is 20.4. The van der Waals surface area contributed by atoms with Gasteiger partial charge in [0.25, 0.3) is 5.69 Å². The van der Waals surface area contributed by atoms with Crippen molar-refractivity contribution in [3.63, 3.8) is 0 Å². The first-order valence-electron chi connectivity index (χ1n) is 8.94. The third kappa shape index (κ3) is 3.43. The highest BCUT2D eigenvalue weighted by atomic mass is 35.5. The van der Waals surface area contributed by atoms with Crippen LogP contribution in [0.3, 0.4) is 0 Å². The molecule has 0 saturated carbocycles. The van der Waals surface area contributed by atoms with Gasteiger partial charge in [0.05, 0.1) is 22.9 Å². The standard InChI is InChI=1S/C20H17ClN6O2/c1-2-10-22-11-17-24-25-18-12-23-20(13-6-3-4-7-14(13)21)19-15(26(17)18)8-5-9-16(19)27(28)29/h2-9,22H,1,10-12H2. The Labute approximate surface area is 171 Å². The smallest absolute Gasteiger partial charge is 0.280 e. The zero-order valence-electron chi connectivity index (χ0n) is 15.4. The monoisotopic (exact) mass is 408 g/mol. The number of hydrogen-bond acceptors (Lipinski definition) is 6. The molecule has 0 atom stereocenters. The van der Waals surface area contributed by atoms with Crippen molar-refractivity contribution in [2.24, 2.45) is 4.99 Å². The molecule has 0 radical (unpaired) electrons. The van der Waals surface area contributed by atoms with E-state index in [1.54, 1.807) is 24.3 Å². The van der Waals surface area contributed by atoms with E-state index >= 15 is 0 Å². The Balaban J connectivity index is 1.96. The number of nitrogens with one attached hydrogen (secondary N) is 1. The minimum Gasteiger partial charge on any atom is -0.306 e. The highest BCUT2D eigenvalue weighted by Crippen LogP contribution is 2.33. The van der Waals surface area contributed by atoms with Crippen molar-refractivity contribution in [2.45, 2.75) is 13.1 Å². The summed E-state index contributed by atoms with van der Waals surface area (Å²) < 4.78 is 1.83. The van der Waals surface area contributed by atoms with Crippen LogP contribution >= 0.6 is 11.6 Å². The number of halogens is 1. The lowest BCUT2D eigenvalue weighted by molar-refractivity contribution is -0.385. The van der Waals surface area contributed by atoms with E-state index in [4.69, 9.17) is 11.6 Å². The van der Waals surface area contributed by atoms with Crippen LogP contribution in [0.5, 0.6) is 0 Å². The molecule has 1 aliphatic heterocycles. The lowest BCUT2D eigenvalue weighted by Crippen LogP contribution is -2.18. The van der Waals surface area contributed by atoms with Crippen LogP contribution in [0, 0.1) is 10.1 Å². The summed E-state index contributed by atoms with van der Waals surface area (Å²) in [6, 6.07) is 12.1. The van der Waals surface area contributed by atoms with Gasteiger partial charge in [0.15, 0.2) is 11.6 Å². The number of rotatable bonds is 6. The Morgan fingerprint density at radius 3 is 2.83 bits per heavy atom. The van der Waals surface area contributed by atoms with E-state index in [-0.39, 0.29) is 12.2 Å². The highest BCUT2D eigenvalue weighted by Gasteiger charge is 2.30. The molecular formula is C20H17ClN6O2. The molecule has 2 heterocycles. The van der Waals surface area contributed by atoms with Crippen LogP contribution in [0.4, 0.5) is 5.69 Å². The van der Waals surface area contributed by atoms with E-state index in [1.807, 2.05) is 22.8 Å². The molecule has 1 aromatic heterocycles. The fraction of sp³-hybridized carbons (Fsp3) is 0.150. The van der Waals surface area contributed by atoms with Crippen molar-refractivity contribution in [1.82, 2.24) is 20.1 Å². The molecule has 0 bridgehead atoms. The van der Waals surface area contributed by atoms with Gasteiger partial charge in [-0.25, -0.2) is 0 Å². The number of nitro groups is 1. The number of nitro benzene ring substituents is 1. The molecule has 146 valence electrons. The topological polar surface area (TPSA) is 98.2 Å². The fourth-order valence-corrected chi connectivity index (χ4v) is 3.57. The van der Waals surface area contributed by atoms with Gasteiger partial charge in [0.1, 0.15) is 12.1 Å². The summed E-state index contributed by atoms with van der Waals surface area (Å²) in [6.45, 7) is 4.95. The van der Waals surface area contributed by atoms with Crippen LogP contribution in [0.25, 0.3) is 5.69 Å². The van der Waals surface area contributed by atoms with Gasteiger partial charge in [-0.2, -0.15) is 0 Å². The average Bonchev–Trinajstić information content (AvgIpc) is 3.04. The Kier molecular flexibility index (Phi) is 5.20. The maximum absolute atomic E-state index is 11.8. The lowest BCUT2D eigenvalue weighted by atomic mass is 9.98. The molecule has 0 fully saturated rings. The lowest BCUT2D eigenvalue weighted by Gasteiger charge is -2.14. The molecule has 4 rings (SSSR count). The molecule has 0 aliphatic carbocycles. The van der Waals surface area contributed by atoms with Crippen LogP contribution in [0.15, 0.2) is 60.1 Å². The third-order valence-corrected chi connectivity index (χ3v) is 4.90. The minimum atomic E-state index is -0.407. The molecule has 3 aromatic rings. The number of aliphatic imine (C=N–C) groups is 1. The molecule has 8 nitrogen and oxygen atoms in total. The summed E-state index contributed by atoms with van der Waals surface area (Å²) in [5, 5.41) is 24.0. The van der Waals surface area contributed by atoms with E-state index in [0.29, 0.717) is 52.3 Å². The second-order valence-corrected chi connectivity index (χ2v) is 6.77. The predicted molar refractivity (Wildman–Crippen MR) is 111 cm³/mol. The summed E-state index contributed by atoms with van der Waals surface area (Å²) in [7, 11) is 0. The minimum absolute atomic E-state index is 0.0484. The highest BCUT2D eigenvalue weighted by molar-refractivity contribution is 6.36. The Bertz CT molecular complexity index is 1140. The average molecular weight is 409 g/mol. The van der Waals surface area contributed by atoms with Crippen molar-refractivity contribution in [3.8, 4) is 5.69 Å². The molecule has 29 heavy (non-hydrogen) atoms. The number of hydrogen-bond donors (Lipinski definition) is 1. The summed E-state index contributed by atoms with van der Waals surface area (Å²) in [5.41, 5.74) is 2.05. The normalized spacial score (nSPS) is 12.5. The second-order valence-electron chi connectivity index (χ2n) is 6.36. The van der Waals surface area contributed by atoms with Crippen LogP contribution in [0.2, 0.25) is 5.02 Å². The summed E-state index contributed by atoms with van der Waals surface area (Å²) >= 11 is 6.41. The number of aromatic nitrogens is 3. The van der Waals surface area contributed by atoms with Gasteiger partial charge >= 0.3 is 0 Å². The molecule has 1 aliphatic rings. The molecule has 1 N–H and O–H groups in total. The van der Waals surface area contributed by atoms with Crippen molar-refractivity contribution >= 4 is 23.0 Å². The van der Waals surface area contributed by atoms with Gasteiger partial charge in [-0.15, -0.1) is 16.8 Å². The van der Waals surface area contributed by atoms with Crippen LogP contribution in [0.1, 0.15) is 22.8 Å². The zero-order valence-corrected chi connectivity index (χ0v) is 16.1. The first kappa shape index (κ1) is 19.0. The predicted octanol–water partition coefficient (Wildman–Crippen LogP) is 3.46. The van der Waals surface area contributed by atoms with Gasteiger partial charge in [0.2, 0.25) is 0 Å². The molecular weight excluding hydrogens is 392 g/mol. The Hall–Kier alpha value is -3.36. The summed E-state index contributed by atoms with van der Waals surface area (Å²) in [5.74, 6) is 1.24. The van der Waals surface area contributed by atoms with Crippen LogP contribution < -0.4 is 5.32 Å². The largest absolute Gasteiger partial charge is 0.306 e. The van der Waals surface area contributed by atoms with Gasteiger partial charge in [-0.05, 0) is 12.1 Å². The van der Waals surface area contributed by atoms with E-state index in [9.17, 15) is 10.1 Å². The Morgan fingerprint density at radius 2 is 2.07 bits per heavy atom. The maximum atomic E-state index is 11.8. The first-order valence-corrected chi connectivity index (χ1v) is 9.32. The van der Waals surface area contributed by atoms with Gasteiger partial charge < -0.3 is 5.32 Å². The number of fused-ring (bicyclic) bond motifs is 3. The van der Waals surface area contributed by atoms with Gasteiger partial charge in [-0.3, -0.25) is 19.7 Å². The number of benzene rings is 2. The van der Waals surface area contributed by atoms with Crippen molar-refractivity contribution in [1.29, 1.82) is 0 Å². The van der Waals surface area contributed by atoms with E-state index in [0.717, 1.165) is 0 Å². The van der Waals surface area contributed by atoms with Crippen molar-refractivity contribution in [3.05, 3.63) is 93.0 Å². The van der Waals surface area contributed by atoms with E-state index < -0.39 is 4.92 Å². The maximum Gasteiger partial charge on any atom is 0.280 e. The molecule has 9 heteroatoms. The summed E-state index contributed by atoms with van der Waals surface area (Å²) in [6.07, 6.45) is 1.75. The van der Waals surface area contributed by atoms with E-state index in [1.165, 1.54) is 6.07 Å². The fourth-order valence-electron chi connectivity index (χ4n) is 3.35. The number of nitrogens with zero attached hydrogens (tertiary/aromatic N) is 5. The SMILES string of the molecule is C=CCNCc1nnc2n1-c1cccc([N+](=O)[O-])c1C(c1ccccc1Cl)=NC2. The molecule has 0 amide bonds. The molecule has 0 spiro atoms. The van der Waals surface area contributed by atoms with E-state index in [2.05, 4.69) is 27.1 Å². The van der Waals surface area contributed by atoms with Crippen molar-refractivity contribution < 1.29 is 4.92 Å². The van der Waals surface area contributed by atoms with Crippen LogP contribution in [-0.2, 0) is 13.1 Å². The summed E-state index contributed by atoms with van der Waals surface area (Å²) in [4.78, 5) is 16.1. The molecule has 0 saturated heterocycles. The Morgan fingerprint density at radius 1 is 1.24 bits per heavy atom. The second kappa shape index (κ2) is 7.94. The molecule has 2 aromatic carbocycles. The molecule has 0 unspecified atom stereocenters. The van der Waals surface area contributed by atoms with Crippen molar-refractivity contribution in [2.75, 3.05) is 6.54 Å².